The first-order chi connectivity index (χ1) is 30.0. The van der Waals surface area contributed by atoms with E-state index in [9.17, 15) is 19.0 Å². The number of phosphoric ester groups is 1. The maximum atomic E-state index is 12.7. The minimum atomic E-state index is -4.64. The molecular formula is C52H94NO8P. The maximum Gasteiger partial charge on any atom is 0.306 e. The van der Waals surface area contributed by atoms with Gasteiger partial charge in [0.15, 0.2) is 6.10 Å². The summed E-state index contributed by atoms with van der Waals surface area (Å²) in [6.07, 6.45) is 54.0. The quantitative estimate of drug-likeness (QED) is 0.0195. The van der Waals surface area contributed by atoms with Crippen LogP contribution in [0.15, 0.2) is 60.8 Å². The minimum absolute atomic E-state index is 0.0410. The van der Waals surface area contributed by atoms with E-state index in [4.69, 9.17) is 18.5 Å². The van der Waals surface area contributed by atoms with Crippen molar-refractivity contribution in [3.63, 3.8) is 0 Å². The minimum Gasteiger partial charge on any atom is -0.756 e. The van der Waals surface area contributed by atoms with Gasteiger partial charge in [0.2, 0.25) is 0 Å². The van der Waals surface area contributed by atoms with E-state index in [2.05, 4.69) is 74.6 Å². The summed E-state index contributed by atoms with van der Waals surface area (Å²) in [5, 5.41) is 0. The van der Waals surface area contributed by atoms with Crippen molar-refractivity contribution in [3.05, 3.63) is 60.8 Å². The Hall–Kier alpha value is -2.29. The highest BCUT2D eigenvalue weighted by atomic mass is 31.2. The van der Waals surface area contributed by atoms with Crippen LogP contribution in [-0.2, 0) is 32.7 Å². The number of likely N-dealkylation sites (N-methyl/N-ethyl adjacent to an activating group) is 1. The van der Waals surface area contributed by atoms with Crippen LogP contribution < -0.4 is 4.89 Å². The molecule has 0 heterocycles. The molecule has 360 valence electrons. The standard InChI is InChI=1S/C52H94NO8P/c1-6-8-10-12-14-16-18-20-22-24-25-26-27-29-31-33-35-37-39-41-43-45-52(55)61-50(49-60-62(56,57)59-47-46-53(3,4)5)48-58-51(54)44-42-40-38-36-34-32-30-28-23-21-19-17-15-13-11-9-7-2/h15,17,20-23,30,32,36,38,50H,6-14,16,18-19,24-29,31,33-35,37,39-49H2,1-5H3/b17-15+,22-20+,23-21+,32-30+,38-36+/t50-/m1/s1. The highest BCUT2D eigenvalue weighted by molar-refractivity contribution is 7.45. The second-order valence-corrected chi connectivity index (χ2v) is 19.2. The fourth-order valence-corrected chi connectivity index (χ4v) is 7.31. The molecule has 0 N–H and O–H groups in total. The number of hydrogen-bond acceptors (Lipinski definition) is 8. The first-order valence-corrected chi connectivity index (χ1v) is 26.5. The second-order valence-electron chi connectivity index (χ2n) is 17.8. The summed E-state index contributed by atoms with van der Waals surface area (Å²) in [7, 11) is 1.13. The number of phosphoric acid groups is 1. The number of ether oxygens (including phenoxy) is 2. The van der Waals surface area contributed by atoms with E-state index >= 15 is 0 Å². The number of nitrogens with zero attached hydrogens (tertiary/aromatic N) is 1. The van der Waals surface area contributed by atoms with Crippen LogP contribution in [0, 0.1) is 0 Å². The lowest BCUT2D eigenvalue weighted by molar-refractivity contribution is -0.870. The molecule has 0 amide bonds. The lowest BCUT2D eigenvalue weighted by atomic mass is 10.0. The molecular weight excluding hydrogens is 798 g/mol. The molecule has 0 fully saturated rings. The van der Waals surface area contributed by atoms with Crippen molar-refractivity contribution in [2.75, 3.05) is 47.5 Å². The SMILES string of the molecule is CCCCC/C=C/C/C=C/C/C=C/C/C=C/CCCC(=O)OC[C@H](COP(=O)([O-])OCC[N+](C)(C)C)OC(=O)CCCCCCCCCCCCC/C=C/CCCCCCCC. The molecule has 0 aromatic heterocycles. The monoisotopic (exact) mass is 892 g/mol. The molecule has 0 aliphatic heterocycles. The van der Waals surface area contributed by atoms with Gasteiger partial charge in [0.05, 0.1) is 27.7 Å². The van der Waals surface area contributed by atoms with Gasteiger partial charge in [0.25, 0.3) is 7.82 Å². The maximum absolute atomic E-state index is 12.7. The van der Waals surface area contributed by atoms with Gasteiger partial charge in [-0.25, -0.2) is 0 Å². The summed E-state index contributed by atoms with van der Waals surface area (Å²) in [5.74, 6) is -0.900. The van der Waals surface area contributed by atoms with Gasteiger partial charge in [-0.05, 0) is 77.0 Å². The van der Waals surface area contributed by atoms with E-state index in [-0.39, 0.29) is 26.1 Å². The van der Waals surface area contributed by atoms with Crippen molar-refractivity contribution in [1.82, 2.24) is 0 Å². The first-order valence-electron chi connectivity index (χ1n) is 25.0. The Balaban J connectivity index is 4.34. The normalized spacial score (nSPS) is 14.0. The molecule has 0 bridgehead atoms. The van der Waals surface area contributed by atoms with E-state index < -0.39 is 32.5 Å². The molecule has 2 atom stereocenters. The molecule has 0 aromatic carbocycles. The third-order valence-corrected chi connectivity index (χ3v) is 11.5. The van der Waals surface area contributed by atoms with Crippen LogP contribution in [0.3, 0.4) is 0 Å². The number of hydrogen-bond donors (Lipinski definition) is 0. The van der Waals surface area contributed by atoms with E-state index in [1.165, 1.54) is 122 Å². The summed E-state index contributed by atoms with van der Waals surface area (Å²) in [5.41, 5.74) is 0. The van der Waals surface area contributed by atoms with Crippen LogP contribution in [-0.4, -0.2) is 70.0 Å². The zero-order chi connectivity index (χ0) is 45.7. The fourth-order valence-electron chi connectivity index (χ4n) is 6.58. The van der Waals surface area contributed by atoms with Gasteiger partial charge < -0.3 is 27.9 Å². The fraction of sp³-hybridized carbons (Fsp3) is 0.769. The molecule has 0 saturated heterocycles. The second kappa shape index (κ2) is 43.9. The van der Waals surface area contributed by atoms with Crippen LogP contribution in [0.5, 0.6) is 0 Å². The number of carbonyl (C=O) groups excluding carboxylic acids is 2. The molecule has 62 heavy (non-hydrogen) atoms. The third kappa shape index (κ3) is 47.2. The van der Waals surface area contributed by atoms with Gasteiger partial charge in [-0.15, -0.1) is 0 Å². The molecule has 0 spiro atoms. The number of allylic oxidation sites excluding steroid dienone is 10. The Morgan fingerprint density at radius 1 is 0.500 bits per heavy atom. The lowest BCUT2D eigenvalue weighted by Crippen LogP contribution is -2.37. The predicted octanol–water partition coefficient (Wildman–Crippen LogP) is 14.2. The van der Waals surface area contributed by atoms with Gasteiger partial charge in [0.1, 0.15) is 19.8 Å². The molecule has 9 nitrogen and oxygen atoms in total. The zero-order valence-corrected chi connectivity index (χ0v) is 41.4. The predicted molar refractivity (Wildman–Crippen MR) is 259 cm³/mol. The molecule has 0 rings (SSSR count). The van der Waals surface area contributed by atoms with Crippen molar-refractivity contribution in [2.24, 2.45) is 0 Å². The van der Waals surface area contributed by atoms with Gasteiger partial charge in [0, 0.05) is 12.8 Å². The van der Waals surface area contributed by atoms with E-state index in [0.29, 0.717) is 23.9 Å². The topological polar surface area (TPSA) is 111 Å². The summed E-state index contributed by atoms with van der Waals surface area (Å²) < 4.78 is 33.9. The number of quaternary nitrogens is 1. The molecule has 0 aliphatic rings. The molecule has 0 saturated carbocycles. The summed E-state index contributed by atoms with van der Waals surface area (Å²) in [4.78, 5) is 37.7. The van der Waals surface area contributed by atoms with Crippen molar-refractivity contribution in [2.45, 2.75) is 213 Å². The number of rotatable bonds is 45. The van der Waals surface area contributed by atoms with E-state index in [1.54, 1.807) is 0 Å². The molecule has 1 unspecified atom stereocenters. The molecule has 0 radical (unpaired) electrons. The Labute approximate surface area is 381 Å². The van der Waals surface area contributed by atoms with Gasteiger partial charge in [-0.1, -0.05) is 177 Å². The number of esters is 2. The highest BCUT2D eigenvalue weighted by Crippen LogP contribution is 2.38. The molecule has 0 aromatic rings. The summed E-state index contributed by atoms with van der Waals surface area (Å²) >= 11 is 0. The van der Waals surface area contributed by atoms with Crippen molar-refractivity contribution < 1.29 is 42.1 Å². The third-order valence-electron chi connectivity index (χ3n) is 10.5. The molecule has 10 heteroatoms. The van der Waals surface area contributed by atoms with E-state index in [1.807, 2.05) is 21.1 Å². The first kappa shape index (κ1) is 59.7. The zero-order valence-electron chi connectivity index (χ0n) is 40.6. The van der Waals surface area contributed by atoms with Gasteiger partial charge in [-0.2, -0.15) is 0 Å². The van der Waals surface area contributed by atoms with Crippen molar-refractivity contribution >= 4 is 19.8 Å². The average Bonchev–Trinajstić information content (AvgIpc) is 3.23. The average molecular weight is 892 g/mol. The lowest BCUT2D eigenvalue weighted by Gasteiger charge is -2.28. The van der Waals surface area contributed by atoms with Gasteiger partial charge >= 0.3 is 11.9 Å². The van der Waals surface area contributed by atoms with Gasteiger partial charge in [-0.3, -0.25) is 14.2 Å². The smallest absolute Gasteiger partial charge is 0.306 e. The Bertz CT molecular complexity index is 1240. The van der Waals surface area contributed by atoms with E-state index in [0.717, 1.165) is 44.9 Å². The Morgan fingerprint density at radius 3 is 1.39 bits per heavy atom. The Morgan fingerprint density at radius 2 is 0.887 bits per heavy atom. The highest BCUT2D eigenvalue weighted by Gasteiger charge is 2.21. The van der Waals surface area contributed by atoms with Crippen LogP contribution in [0.2, 0.25) is 0 Å². The molecule has 0 aliphatic carbocycles. The van der Waals surface area contributed by atoms with Crippen molar-refractivity contribution in [3.8, 4) is 0 Å². The number of unbranched alkanes of at least 4 members (excludes halogenated alkanes) is 21. The van der Waals surface area contributed by atoms with Crippen LogP contribution in [0.4, 0.5) is 0 Å². The van der Waals surface area contributed by atoms with Crippen LogP contribution >= 0.6 is 7.82 Å². The number of carbonyl (C=O) groups is 2. The van der Waals surface area contributed by atoms with Crippen molar-refractivity contribution in [1.29, 1.82) is 0 Å². The summed E-state index contributed by atoms with van der Waals surface area (Å²) in [6.45, 7) is 4.14. The van der Waals surface area contributed by atoms with Crippen LogP contribution in [0.25, 0.3) is 0 Å². The largest absolute Gasteiger partial charge is 0.756 e. The van der Waals surface area contributed by atoms with Crippen LogP contribution in [0.1, 0.15) is 206 Å². The Kier molecular flexibility index (Phi) is 42.3. The summed E-state index contributed by atoms with van der Waals surface area (Å²) in [6, 6.07) is 0.